The molecule has 12 heteroatoms. The van der Waals surface area contributed by atoms with E-state index in [-0.39, 0.29) is 10.6 Å². The number of nitrogens with one attached hydrogen (secondary N) is 3. The largest absolute Gasteiger partial charge is 0.456 e. The van der Waals surface area contributed by atoms with E-state index in [0.29, 0.717) is 10.9 Å². The number of esters is 1. The van der Waals surface area contributed by atoms with E-state index in [9.17, 15) is 28.1 Å². The highest BCUT2D eigenvalue weighted by Gasteiger charge is 2.22. The zero-order chi connectivity index (χ0) is 24.2. The van der Waals surface area contributed by atoms with Crippen molar-refractivity contribution in [1.29, 1.82) is 0 Å². The van der Waals surface area contributed by atoms with Gasteiger partial charge in [0.2, 0.25) is 15.8 Å². The zero-order valence-corrected chi connectivity index (χ0v) is 18.7. The van der Waals surface area contributed by atoms with E-state index in [1.165, 1.54) is 13.1 Å². The summed E-state index contributed by atoms with van der Waals surface area (Å²) in [5.74, 6) is -1.41. The number of carbonyl (C=O) groups is 2. The molecule has 0 saturated heterocycles. The first kappa shape index (κ1) is 23.9. The summed E-state index contributed by atoms with van der Waals surface area (Å²) < 4.78 is 31.8. The lowest BCUT2D eigenvalue weighted by atomic mass is 10.1. The number of carbonyl (C=O) groups excluding carboxylic acids is 2. The molecule has 11 nitrogen and oxygen atoms in total. The third-order valence-electron chi connectivity index (χ3n) is 5.00. The monoisotopic (exact) mass is 474 g/mol. The van der Waals surface area contributed by atoms with E-state index in [1.807, 2.05) is 23.8 Å². The number of ether oxygens (including phenoxy) is 1. The topological polar surface area (TPSA) is 160 Å². The molecule has 0 amide bonds. The van der Waals surface area contributed by atoms with Crippen molar-refractivity contribution in [2.45, 2.75) is 18.2 Å². The fraction of sp³-hybridized carbons (Fsp3) is 0.238. The number of aromatic nitrogens is 1. The average molecular weight is 474 g/mol. The van der Waals surface area contributed by atoms with Crippen LogP contribution in [0, 0.1) is 10.1 Å². The number of benzene rings is 2. The maximum atomic E-state index is 12.5. The van der Waals surface area contributed by atoms with Crippen LogP contribution in [-0.2, 0) is 26.0 Å². The van der Waals surface area contributed by atoms with Gasteiger partial charge >= 0.3 is 5.97 Å². The molecule has 0 spiro atoms. The van der Waals surface area contributed by atoms with Crippen molar-refractivity contribution in [1.82, 2.24) is 9.71 Å². The van der Waals surface area contributed by atoms with Gasteiger partial charge in [-0.25, -0.2) is 8.42 Å². The van der Waals surface area contributed by atoms with Gasteiger partial charge in [0.15, 0.2) is 6.61 Å². The molecule has 1 aromatic heterocycles. The van der Waals surface area contributed by atoms with Crippen LogP contribution in [0.4, 0.5) is 11.4 Å². The van der Waals surface area contributed by atoms with Crippen LogP contribution >= 0.6 is 0 Å². The minimum Gasteiger partial charge on any atom is -0.456 e. The Morgan fingerprint density at radius 2 is 1.97 bits per heavy atom. The Hall–Kier alpha value is -3.77. The van der Waals surface area contributed by atoms with E-state index < -0.39 is 45.5 Å². The number of nitro groups is 1. The van der Waals surface area contributed by atoms with E-state index in [4.69, 9.17) is 4.74 Å². The first-order valence-corrected chi connectivity index (χ1v) is 11.4. The van der Waals surface area contributed by atoms with Crippen molar-refractivity contribution in [2.24, 2.45) is 0 Å². The summed E-state index contributed by atoms with van der Waals surface area (Å²) in [4.78, 5) is 37.6. The molecule has 0 bridgehead atoms. The van der Waals surface area contributed by atoms with Gasteiger partial charge in [0.25, 0.3) is 5.69 Å². The van der Waals surface area contributed by atoms with Crippen LogP contribution in [0.3, 0.4) is 0 Å². The number of sulfonamides is 1. The molecule has 33 heavy (non-hydrogen) atoms. The maximum Gasteiger partial charge on any atom is 0.321 e. The van der Waals surface area contributed by atoms with E-state index in [1.54, 1.807) is 12.3 Å². The summed E-state index contributed by atoms with van der Waals surface area (Å²) in [6, 6.07) is 8.85. The number of H-pyrrole nitrogens is 1. The summed E-state index contributed by atoms with van der Waals surface area (Å²) in [6.07, 6.45) is 2.33. The molecule has 174 valence electrons. The third kappa shape index (κ3) is 5.18. The highest BCUT2D eigenvalue weighted by Crippen LogP contribution is 2.27. The first-order chi connectivity index (χ1) is 15.7. The number of hydrogen-bond donors (Lipinski definition) is 3. The number of nitrogens with zero attached hydrogens (tertiary/aromatic N) is 1. The fourth-order valence-electron chi connectivity index (χ4n) is 3.30. The van der Waals surface area contributed by atoms with Gasteiger partial charge in [0.05, 0.1) is 9.82 Å². The lowest BCUT2D eigenvalue weighted by molar-refractivity contribution is -0.384. The van der Waals surface area contributed by atoms with Gasteiger partial charge in [-0.3, -0.25) is 19.7 Å². The number of anilines is 1. The van der Waals surface area contributed by atoms with Crippen LogP contribution < -0.4 is 10.0 Å². The molecular weight excluding hydrogens is 452 g/mol. The van der Waals surface area contributed by atoms with Gasteiger partial charge in [-0.2, -0.15) is 4.72 Å². The molecule has 3 rings (SSSR count). The lowest BCUT2D eigenvalue weighted by Crippen LogP contribution is -2.31. The Balaban J connectivity index is 1.62. The molecule has 0 aliphatic rings. The maximum absolute atomic E-state index is 12.5. The normalized spacial score (nSPS) is 11.3. The number of aromatic amines is 1. The second-order valence-corrected chi connectivity index (χ2v) is 8.76. The standard InChI is InChI=1S/C21H22N4O7S/c1-3-13-5-4-6-15-16(10-23-21(13)15)19(26)12-32-20(27)11-24-33(30,31)14-7-8-17(22-2)18(9-14)25(28)29/h4-10,22-24H,3,11-12H2,1-2H3. The van der Waals surface area contributed by atoms with Crippen molar-refractivity contribution in [2.75, 3.05) is 25.5 Å². The molecular formula is C21H22N4O7S. The SMILES string of the molecule is CCc1cccc2c(C(=O)COC(=O)CNS(=O)(=O)c3ccc(NC)c([N+](=O)[O-])c3)c[nH]c12. The van der Waals surface area contributed by atoms with Crippen molar-refractivity contribution < 1.29 is 27.7 Å². The van der Waals surface area contributed by atoms with Crippen LogP contribution in [0.2, 0.25) is 0 Å². The Morgan fingerprint density at radius 1 is 1.21 bits per heavy atom. The molecule has 0 aliphatic carbocycles. The van der Waals surface area contributed by atoms with Crippen molar-refractivity contribution >= 4 is 44.1 Å². The van der Waals surface area contributed by atoms with Crippen molar-refractivity contribution in [3.63, 3.8) is 0 Å². The van der Waals surface area contributed by atoms with Gasteiger partial charge in [-0.1, -0.05) is 25.1 Å². The Kier molecular flexibility index (Phi) is 7.09. The molecule has 0 aliphatic heterocycles. The third-order valence-corrected chi connectivity index (χ3v) is 6.40. The summed E-state index contributed by atoms with van der Waals surface area (Å²) in [5.41, 5.74) is 1.95. The van der Waals surface area contributed by atoms with Crippen LogP contribution in [0.25, 0.3) is 10.9 Å². The van der Waals surface area contributed by atoms with Crippen molar-refractivity contribution in [3.8, 4) is 0 Å². The second-order valence-electron chi connectivity index (χ2n) is 6.99. The predicted octanol–water partition coefficient (Wildman–Crippen LogP) is 2.38. The fourth-order valence-corrected chi connectivity index (χ4v) is 4.28. The molecule has 0 saturated carbocycles. The molecule has 3 N–H and O–H groups in total. The number of aryl methyl sites for hydroxylation is 1. The van der Waals surface area contributed by atoms with Gasteiger partial charge in [-0.15, -0.1) is 0 Å². The predicted molar refractivity (Wildman–Crippen MR) is 121 cm³/mol. The summed E-state index contributed by atoms with van der Waals surface area (Å²) in [7, 11) is -2.76. The average Bonchev–Trinajstić information content (AvgIpc) is 3.25. The smallest absolute Gasteiger partial charge is 0.321 e. The van der Waals surface area contributed by atoms with E-state index >= 15 is 0 Å². The summed E-state index contributed by atoms with van der Waals surface area (Å²) in [6.45, 7) is 0.685. The summed E-state index contributed by atoms with van der Waals surface area (Å²) in [5, 5.41) is 14.4. The van der Waals surface area contributed by atoms with Gasteiger partial charge in [0.1, 0.15) is 12.2 Å². The Bertz CT molecular complexity index is 1330. The molecule has 3 aromatic rings. The number of rotatable bonds is 10. The Morgan fingerprint density at radius 3 is 2.64 bits per heavy atom. The minimum atomic E-state index is -4.23. The molecule has 0 fully saturated rings. The second kappa shape index (κ2) is 9.79. The van der Waals surface area contributed by atoms with Gasteiger partial charge in [0, 0.05) is 35.8 Å². The number of Topliss-reactive ketones (excluding diaryl/α,β-unsaturated/α-hetero) is 1. The quantitative estimate of drug-likeness (QED) is 0.175. The Labute approximate surface area is 189 Å². The number of fused-ring (bicyclic) bond motifs is 1. The van der Waals surface area contributed by atoms with Crippen LogP contribution in [0.1, 0.15) is 22.8 Å². The van der Waals surface area contributed by atoms with Gasteiger partial charge in [-0.05, 0) is 24.1 Å². The summed E-state index contributed by atoms with van der Waals surface area (Å²) >= 11 is 0. The van der Waals surface area contributed by atoms with Gasteiger partial charge < -0.3 is 15.0 Å². The molecule has 0 atom stereocenters. The molecule has 0 radical (unpaired) electrons. The number of nitro benzene ring substituents is 1. The van der Waals surface area contributed by atoms with Crippen molar-refractivity contribution in [3.05, 3.63) is 63.8 Å². The number of para-hydroxylation sites is 1. The molecule has 1 heterocycles. The number of hydrogen-bond acceptors (Lipinski definition) is 8. The van der Waals surface area contributed by atoms with E-state index in [0.717, 1.165) is 29.6 Å². The zero-order valence-electron chi connectivity index (χ0n) is 17.9. The first-order valence-electron chi connectivity index (χ1n) is 9.91. The minimum absolute atomic E-state index is 0.139. The molecule has 0 unspecified atom stereocenters. The van der Waals surface area contributed by atoms with E-state index in [2.05, 4.69) is 10.3 Å². The highest BCUT2D eigenvalue weighted by atomic mass is 32.2. The lowest BCUT2D eigenvalue weighted by Gasteiger charge is -2.08. The van der Waals surface area contributed by atoms with Crippen LogP contribution in [0.5, 0.6) is 0 Å². The van der Waals surface area contributed by atoms with Crippen LogP contribution in [-0.4, -0.2) is 50.3 Å². The highest BCUT2D eigenvalue weighted by molar-refractivity contribution is 7.89. The van der Waals surface area contributed by atoms with Crippen LogP contribution in [0.15, 0.2) is 47.5 Å². The number of ketones is 1. The molecule has 2 aromatic carbocycles.